The van der Waals surface area contributed by atoms with Crippen LogP contribution in [0.5, 0.6) is 0 Å². The first-order valence-corrected chi connectivity index (χ1v) is 5.27. The number of hydrogen-bond acceptors (Lipinski definition) is 1. The maximum atomic E-state index is 2.48. The van der Waals surface area contributed by atoms with E-state index in [-0.39, 0.29) is 0 Å². The van der Waals surface area contributed by atoms with Gasteiger partial charge in [-0.1, -0.05) is 42.0 Å². The zero-order chi connectivity index (χ0) is 9.80. The van der Waals surface area contributed by atoms with Gasteiger partial charge in [0.25, 0.3) is 0 Å². The second-order valence-electron chi connectivity index (χ2n) is 3.98. The lowest BCUT2D eigenvalue weighted by Crippen LogP contribution is -2.26. The molecule has 0 bridgehead atoms. The van der Waals surface area contributed by atoms with Crippen LogP contribution in [0.4, 0.5) is 0 Å². The highest BCUT2D eigenvalue weighted by Crippen LogP contribution is 2.10. The van der Waals surface area contributed by atoms with Gasteiger partial charge >= 0.3 is 0 Å². The summed E-state index contributed by atoms with van der Waals surface area (Å²) in [6.07, 6.45) is 5.73. The monoisotopic (exact) mass is 187 g/mol. The molecule has 0 saturated carbocycles. The number of hydrogen-bond donors (Lipinski definition) is 0. The van der Waals surface area contributed by atoms with E-state index in [0.717, 1.165) is 13.1 Å². The molecule has 0 aromatic heterocycles. The minimum atomic E-state index is 1.09. The van der Waals surface area contributed by atoms with Crippen molar-refractivity contribution in [2.75, 3.05) is 13.1 Å². The van der Waals surface area contributed by atoms with Gasteiger partial charge in [-0.2, -0.15) is 0 Å². The predicted octanol–water partition coefficient (Wildman–Crippen LogP) is 2.76. The van der Waals surface area contributed by atoms with Gasteiger partial charge in [0.1, 0.15) is 0 Å². The molecule has 2 rings (SSSR count). The molecular formula is C13H17N. The van der Waals surface area contributed by atoms with Crippen LogP contribution in [0, 0.1) is 6.92 Å². The predicted molar refractivity (Wildman–Crippen MR) is 60.2 cm³/mol. The van der Waals surface area contributed by atoms with Crippen LogP contribution in [-0.4, -0.2) is 18.0 Å². The molecule has 0 amide bonds. The summed E-state index contributed by atoms with van der Waals surface area (Å²) in [6, 6.07) is 8.79. The number of nitrogens with zero attached hydrogens (tertiary/aromatic N) is 1. The first-order valence-electron chi connectivity index (χ1n) is 5.27. The highest BCUT2D eigenvalue weighted by molar-refractivity contribution is 5.22. The molecule has 14 heavy (non-hydrogen) atoms. The average molecular weight is 187 g/mol. The summed E-state index contributed by atoms with van der Waals surface area (Å²) in [4.78, 5) is 2.48. The molecule has 1 aromatic rings. The van der Waals surface area contributed by atoms with Gasteiger partial charge in [-0.15, -0.1) is 0 Å². The molecule has 0 radical (unpaired) electrons. The van der Waals surface area contributed by atoms with Gasteiger partial charge in [-0.05, 0) is 18.9 Å². The van der Waals surface area contributed by atoms with Gasteiger partial charge < -0.3 is 0 Å². The first kappa shape index (κ1) is 9.47. The quantitative estimate of drug-likeness (QED) is 0.643. The lowest BCUT2D eigenvalue weighted by Gasteiger charge is -2.23. The Kier molecular flexibility index (Phi) is 3.00. The molecule has 0 spiro atoms. The zero-order valence-electron chi connectivity index (χ0n) is 8.74. The van der Waals surface area contributed by atoms with Crippen LogP contribution >= 0.6 is 0 Å². The molecular weight excluding hydrogens is 170 g/mol. The molecule has 1 aliphatic rings. The summed E-state index contributed by atoms with van der Waals surface area (Å²) in [5, 5.41) is 0. The number of rotatable bonds is 2. The molecule has 0 fully saturated rings. The minimum absolute atomic E-state index is 1.09. The van der Waals surface area contributed by atoms with Gasteiger partial charge in [0.15, 0.2) is 0 Å². The summed E-state index contributed by atoms with van der Waals surface area (Å²) in [6.45, 7) is 5.55. The van der Waals surface area contributed by atoms with E-state index in [1.807, 2.05) is 0 Å². The molecule has 0 aliphatic carbocycles. The standard InChI is InChI=1S/C13H17N/c1-12-6-5-7-13(10-12)11-14-8-3-2-4-9-14/h2-3,5-7,10H,4,8-9,11H2,1H3. The van der Waals surface area contributed by atoms with Crippen molar-refractivity contribution in [2.24, 2.45) is 0 Å². The summed E-state index contributed by atoms with van der Waals surface area (Å²) < 4.78 is 0. The Morgan fingerprint density at radius 2 is 2.21 bits per heavy atom. The van der Waals surface area contributed by atoms with E-state index in [2.05, 4.69) is 48.2 Å². The largest absolute Gasteiger partial charge is 0.295 e. The maximum Gasteiger partial charge on any atom is 0.0237 e. The van der Waals surface area contributed by atoms with E-state index in [4.69, 9.17) is 0 Å². The molecule has 1 aliphatic heterocycles. The van der Waals surface area contributed by atoms with Crippen LogP contribution in [0.25, 0.3) is 0 Å². The van der Waals surface area contributed by atoms with Gasteiger partial charge in [0, 0.05) is 19.6 Å². The van der Waals surface area contributed by atoms with Crippen molar-refractivity contribution < 1.29 is 0 Å². The Hall–Kier alpha value is -1.08. The third-order valence-corrected chi connectivity index (χ3v) is 2.63. The number of aryl methyl sites for hydroxylation is 1. The van der Waals surface area contributed by atoms with Crippen molar-refractivity contribution in [1.29, 1.82) is 0 Å². The van der Waals surface area contributed by atoms with E-state index >= 15 is 0 Å². The maximum absolute atomic E-state index is 2.48. The Morgan fingerprint density at radius 1 is 1.29 bits per heavy atom. The Balaban J connectivity index is 1.99. The van der Waals surface area contributed by atoms with Gasteiger partial charge in [0.05, 0.1) is 0 Å². The fourth-order valence-corrected chi connectivity index (χ4v) is 1.90. The third-order valence-electron chi connectivity index (χ3n) is 2.63. The Labute approximate surface area is 86.1 Å². The van der Waals surface area contributed by atoms with Crippen LogP contribution in [0.2, 0.25) is 0 Å². The van der Waals surface area contributed by atoms with Gasteiger partial charge in [0.2, 0.25) is 0 Å². The van der Waals surface area contributed by atoms with Crippen LogP contribution in [0.15, 0.2) is 36.4 Å². The second-order valence-corrected chi connectivity index (χ2v) is 3.98. The minimum Gasteiger partial charge on any atom is -0.295 e. The third kappa shape index (κ3) is 2.46. The van der Waals surface area contributed by atoms with E-state index in [1.54, 1.807) is 0 Å². The summed E-state index contributed by atoms with van der Waals surface area (Å²) in [5.74, 6) is 0. The lowest BCUT2D eigenvalue weighted by molar-refractivity contribution is 0.290. The fourth-order valence-electron chi connectivity index (χ4n) is 1.90. The van der Waals surface area contributed by atoms with Crippen molar-refractivity contribution >= 4 is 0 Å². The molecule has 0 atom stereocenters. The van der Waals surface area contributed by atoms with Crippen molar-refractivity contribution in [3.05, 3.63) is 47.5 Å². The molecule has 1 nitrogen and oxygen atoms in total. The zero-order valence-corrected chi connectivity index (χ0v) is 8.74. The Bertz CT molecular complexity index is 328. The van der Waals surface area contributed by atoms with E-state index in [1.165, 1.54) is 24.1 Å². The lowest BCUT2D eigenvalue weighted by atomic mass is 10.1. The number of benzene rings is 1. The average Bonchev–Trinajstić information content (AvgIpc) is 2.19. The summed E-state index contributed by atoms with van der Waals surface area (Å²) in [7, 11) is 0. The molecule has 0 N–H and O–H groups in total. The second kappa shape index (κ2) is 4.43. The van der Waals surface area contributed by atoms with Crippen molar-refractivity contribution in [3.63, 3.8) is 0 Å². The van der Waals surface area contributed by atoms with Crippen LogP contribution in [-0.2, 0) is 6.54 Å². The molecule has 0 unspecified atom stereocenters. The molecule has 74 valence electrons. The SMILES string of the molecule is Cc1cccc(CN2CC=CCC2)c1. The van der Waals surface area contributed by atoms with Gasteiger partial charge in [-0.25, -0.2) is 0 Å². The van der Waals surface area contributed by atoms with Crippen molar-refractivity contribution in [1.82, 2.24) is 4.90 Å². The first-order chi connectivity index (χ1) is 6.84. The molecule has 1 heteroatoms. The normalized spacial score (nSPS) is 17.2. The fraction of sp³-hybridized carbons (Fsp3) is 0.385. The highest BCUT2D eigenvalue weighted by Gasteiger charge is 2.06. The van der Waals surface area contributed by atoms with E-state index in [0.29, 0.717) is 0 Å². The topological polar surface area (TPSA) is 3.24 Å². The van der Waals surface area contributed by atoms with Crippen molar-refractivity contribution in [2.45, 2.75) is 19.9 Å². The molecule has 1 aromatic carbocycles. The van der Waals surface area contributed by atoms with Crippen LogP contribution < -0.4 is 0 Å². The summed E-state index contributed by atoms with van der Waals surface area (Å²) >= 11 is 0. The van der Waals surface area contributed by atoms with E-state index < -0.39 is 0 Å². The smallest absolute Gasteiger partial charge is 0.0237 e. The molecule has 0 saturated heterocycles. The van der Waals surface area contributed by atoms with E-state index in [9.17, 15) is 0 Å². The Morgan fingerprint density at radius 3 is 2.93 bits per heavy atom. The highest BCUT2D eigenvalue weighted by atomic mass is 15.1. The molecule has 1 heterocycles. The van der Waals surface area contributed by atoms with Crippen LogP contribution in [0.3, 0.4) is 0 Å². The van der Waals surface area contributed by atoms with Crippen molar-refractivity contribution in [3.8, 4) is 0 Å². The van der Waals surface area contributed by atoms with Gasteiger partial charge in [-0.3, -0.25) is 4.90 Å². The summed E-state index contributed by atoms with van der Waals surface area (Å²) in [5.41, 5.74) is 2.79. The van der Waals surface area contributed by atoms with Crippen LogP contribution in [0.1, 0.15) is 17.5 Å².